The SMILES string of the molecule is CCCn1nc(C)c(N)c1NC(CC)(CO)CO. The summed E-state index contributed by atoms with van der Waals surface area (Å²) in [5.41, 5.74) is 6.57. The Bertz CT molecular complexity index is 377. The van der Waals surface area contributed by atoms with Crippen molar-refractivity contribution in [2.24, 2.45) is 0 Å². The van der Waals surface area contributed by atoms with E-state index in [1.165, 1.54) is 0 Å². The quantitative estimate of drug-likeness (QED) is 0.577. The highest BCUT2D eigenvalue weighted by Crippen LogP contribution is 2.27. The molecular formula is C12H24N4O2. The molecule has 0 fully saturated rings. The number of aryl methyl sites for hydroxylation is 2. The van der Waals surface area contributed by atoms with Gasteiger partial charge in [-0.15, -0.1) is 0 Å². The van der Waals surface area contributed by atoms with Crippen LogP contribution in [0.5, 0.6) is 0 Å². The van der Waals surface area contributed by atoms with Gasteiger partial charge in [0, 0.05) is 6.54 Å². The van der Waals surface area contributed by atoms with Crippen molar-refractivity contribution in [3.63, 3.8) is 0 Å². The molecule has 0 aliphatic heterocycles. The average molecular weight is 256 g/mol. The molecule has 0 spiro atoms. The second-order valence-electron chi connectivity index (χ2n) is 4.65. The van der Waals surface area contributed by atoms with Crippen LogP contribution in [0.25, 0.3) is 0 Å². The molecule has 6 nitrogen and oxygen atoms in total. The summed E-state index contributed by atoms with van der Waals surface area (Å²) >= 11 is 0. The molecule has 0 radical (unpaired) electrons. The maximum absolute atomic E-state index is 9.46. The molecule has 1 aromatic rings. The van der Waals surface area contributed by atoms with Gasteiger partial charge in [0.2, 0.25) is 0 Å². The first-order valence-corrected chi connectivity index (χ1v) is 6.36. The zero-order valence-corrected chi connectivity index (χ0v) is 11.4. The Morgan fingerprint density at radius 3 is 2.39 bits per heavy atom. The van der Waals surface area contributed by atoms with Crippen molar-refractivity contribution in [3.05, 3.63) is 5.69 Å². The number of nitrogens with two attached hydrogens (primary N) is 1. The highest BCUT2D eigenvalue weighted by molar-refractivity contribution is 5.65. The van der Waals surface area contributed by atoms with Crippen LogP contribution in [0.2, 0.25) is 0 Å². The molecule has 5 N–H and O–H groups in total. The second kappa shape index (κ2) is 6.06. The molecule has 0 aliphatic carbocycles. The fourth-order valence-electron chi connectivity index (χ4n) is 1.79. The number of rotatable bonds is 7. The van der Waals surface area contributed by atoms with Gasteiger partial charge in [-0.25, -0.2) is 4.68 Å². The van der Waals surface area contributed by atoms with Crippen molar-refractivity contribution in [2.75, 3.05) is 24.3 Å². The lowest BCUT2D eigenvalue weighted by atomic mass is 9.98. The fourth-order valence-corrected chi connectivity index (χ4v) is 1.79. The van der Waals surface area contributed by atoms with E-state index in [2.05, 4.69) is 17.3 Å². The highest BCUT2D eigenvalue weighted by atomic mass is 16.3. The lowest BCUT2D eigenvalue weighted by molar-refractivity contribution is 0.132. The average Bonchev–Trinajstić information content (AvgIpc) is 2.64. The van der Waals surface area contributed by atoms with Crippen LogP contribution in [0.15, 0.2) is 0 Å². The van der Waals surface area contributed by atoms with Gasteiger partial charge in [0.1, 0.15) is 5.82 Å². The molecule has 1 rings (SSSR count). The van der Waals surface area contributed by atoms with Gasteiger partial charge >= 0.3 is 0 Å². The summed E-state index contributed by atoms with van der Waals surface area (Å²) in [5.74, 6) is 0.680. The number of nitrogens with one attached hydrogen (secondary N) is 1. The number of nitrogen functional groups attached to an aromatic ring is 1. The van der Waals surface area contributed by atoms with Crippen LogP contribution in [0.4, 0.5) is 11.5 Å². The topological polar surface area (TPSA) is 96.3 Å². The lowest BCUT2D eigenvalue weighted by Gasteiger charge is -2.31. The first-order chi connectivity index (χ1) is 8.53. The Morgan fingerprint density at radius 1 is 1.33 bits per heavy atom. The van der Waals surface area contributed by atoms with Crippen molar-refractivity contribution in [2.45, 2.75) is 45.7 Å². The third kappa shape index (κ3) is 2.76. The first-order valence-electron chi connectivity index (χ1n) is 6.36. The molecule has 1 aromatic heterocycles. The maximum atomic E-state index is 9.46. The summed E-state index contributed by atoms with van der Waals surface area (Å²) in [5, 5.41) is 26.4. The molecule has 0 bridgehead atoms. The summed E-state index contributed by atoms with van der Waals surface area (Å²) in [6.45, 7) is 6.24. The molecule has 0 amide bonds. The van der Waals surface area contributed by atoms with Crippen molar-refractivity contribution >= 4 is 11.5 Å². The summed E-state index contributed by atoms with van der Waals surface area (Å²) in [6.07, 6.45) is 1.53. The predicted molar refractivity (Wildman–Crippen MR) is 72.5 cm³/mol. The minimum atomic E-state index is -0.758. The Labute approximate surface area is 108 Å². The van der Waals surface area contributed by atoms with E-state index >= 15 is 0 Å². The van der Waals surface area contributed by atoms with Gasteiger partial charge in [-0.05, 0) is 19.8 Å². The molecule has 1 heterocycles. The van der Waals surface area contributed by atoms with Crippen molar-refractivity contribution in [1.29, 1.82) is 0 Å². The summed E-state index contributed by atoms with van der Waals surface area (Å²) in [7, 11) is 0. The number of aliphatic hydroxyl groups excluding tert-OH is 2. The Morgan fingerprint density at radius 2 is 1.94 bits per heavy atom. The standard InChI is InChI=1S/C12H24N4O2/c1-4-6-16-11(10(13)9(3)15-16)14-12(5-2,7-17)8-18/h14,17-18H,4-8,13H2,1-3H3. The van der Waals surface area contributed by atoms with Crippen LogP contribution in [-0.2, 0) is 6.54 Å². The first kappa shape index (κ1) is 14.8. The zero-order valence-electron chi connectivity index (χ0n) is 11.4. The van der Waals surface area contributed by atoms with E-state index in [4.69, 9.17) is 5.73 Å². The highest BCUT2D eigenvalue weighted by Gasteiger charge is 2.29. The van der Waals surface area contributed by atoms with E-state index in [0.29, 0.717) is 17.9 Å². The minimum Gasteiger partial charge on any atom is -0.394 e. The fraction of sp³-hybridized carbons (Fsp3) is 0.750. The predicted octanol–water partition coefficient (Wildman–Crippen LogP) is 0.729. The molecular weight excluding hydrogens is 232 g/mol. The third-order valence-electron chi connectivity index (χ3n) is 3.27. The molecule has 0 unspecified atom stereocenters. The lowest BCUT2D eigenvalue weighted by Crippen LogP contribution is -2.46. The molecule has 0 atom stereocenters. The van der Waals surface area contributed by atoms with Crippen molar-refractivity contribution in [1.82, 2.24) is 9.78 Å². The van der Waals surface area contributed by atoms with Gasteiger partial charge in [0.15, 0.2) is 0 Å². The van der Waals surface area contributed by atoms with Gasteiger partial charge in [0.05, 0.1) is 30.1 Å². The van der Waals surface area contributed by atoms with Gasteiger partial charge in [-0.1, -0.05) is 13.8 Å². The largest absolute Gasteiger partial charge is 0.394 e. The number of hydrogen-bond donors (Lipinski definition) is 4. The van der Waals surface area contributed by atoms with E-state index in [0.717, 1.165) is 18.7 Å². The van der Waals surface area contributed by atoms with E-state index in [1.807, 2.05) is 13.8 Å². The molecule has 18 heavy (non-hydrogen) atoms. The van der Waals surface area contributed by atoms with Crippen LogP contribution >= 0.6 is 0 Å². The van der Waals surface area contributed by atoms with Crippen LogP contribution in [-0.4, -0.2) is 38.7 Å². The minimum absolute atomic E-state index is 0.157. The second-order valence-corrected chi connectivity index (χ2v) is 4.65. The number of aromatic nitrogens is 2. The molecule has 0 aromatic carbocycles. The van der Waals surface area contributed by atoms with Crippen molar-refractivity contribution < 1.29 is 10.2 Å². The van der Waals surface area contributed by atoms with E-state index < -0.39 is 5.54 Å². The molecule has 0 saturated carbocycles. The third-order valence-corrected chi connectivity index (χ3v) is 3.27. The summed E-state index contributed by atoms with van der Waals surface area (Å²) < 4.78 is 1.79. The Kier molecular flexibility index (Phi) is 4.98. The van der Waals surface area contributed by atoms with Gasteiger partial charge in [-0.2, -0.15) is 5.10 Å². The van der Waals surface area contributed by atoms with Crippen LogP contribution in [0, 0.1) is 6.92 Å². The molecule has 0 saturated heterocycles. The van der Waals surface area contributed by atoms with Crippen LogP contribution < -0.4 is 11.1 Å². The van der Waals surface area contributed by atoms with Gasteiger partial charge in [-0.3, -0.25) is 0 Å². The van der Waals surface area contributed by atoms with Crippen molar-refractivity contribution in [3.8, 4) is 0 Å². The van der Waals surface area contributed by atoms with E-state index in [-0.39, 0.29) is 13.2 Å². The molecule has 104 valence electrons. The van der Waals surface area contributed by atoms with E-state index in [9.17, 15) is 10.2 Å². The summed E-state index contributed by atoms with van der Waals surface area (Å²) in [6, 6.07) is 0. The normalized spacial score (nSPS) is 11.8. The number of aliphatic hydroxyl groups is 2. The number of hydrogen-bond acceptors (Lipinski definition) is 5. The zero-order chi connectivity index (χ0) is 13.8. The summed E-state index contributed by atoms with van der Waals surface area (Å²) in [4.78, 5) is 0. The van der Waals surface area contributed by atoms with E-state index in [1.54, 1.807) is 4.68 Å². The molecule has 0 aliphatic rings. The van der Waals surface area contributed by atoms with Gasteiger partial charge < -0.3 is 21.3 Å². The number of nitrogens with zero attached hydrogens (tertiary/aromatic N) is 2. The Balaban J connectivity index is 3.08. The Hall–Kier alpha value is -1.27. The smallest absolute Gasteiger partial charge is 0.148 e. The molecule has 6 heteroatoms. The monoisotopic (exact) mass is 256 g/mol. The van der Waals surface area contributed by atoms with Crippen LogP contribution in [0.1, 0.15) is 32.4 Å². The number of anilines is 2. The van der Waals surface area contributed by atoms with Gasteiger partial charge in [0.25, 0.3) is 0 Å². The maximum Gasteiger partial charge on any atom is 0.148 e. The van der Waals surface area contributed by atoms with Crippen LogP contribution in [0.3, 0.4) is 0 Å².